The Morgan fingerprint density at radius 2 is 1.71 bits per heavy atom. The molecule has 0 bridgehead atoms. The first-order chi connectivity index (χ1) is 11.5. The van der Waals surface area contributed by atoms with Crippen LogP contribution >= 0.6 is 0 Å². The summed E-state index contributed by atoms with van der Waals surface area (Å²) in [4.78, 5) is 24.3. The van der Waals surface area contributed by atoms with Gasteiger partial charge >= 0.3 is 0 Å². The first-order valence-electron chi connectivity index (χ1n) is 8.34. The van der Waals surface area contributed by atoms with Gasteiger partial charge in [0.2, 0.25) is 5.91 Å². The van der Waals surface area contributed by atoms with Crippen molar-refractivity contribution in [1.82, 2.24) is 10.6 Å². The van der Waals surface area contributed by atoms with E-state index in [-0.39, 0.29) is 24.4 Å². The highest BCUT2D eigenvalue weighted by Gasteiger charge is 2.22. The largest absolute Gasteiger partial charge is 0.497 e. The minimum absolute atomic E-state index is 0.0401. The molecule has 0 spiro atoms. The van der Waals surface area contributed by atoms with Crippen LogP contribution in [0.15, 0.2) is 18.2 Å². The van der Waals surface area contributed by atoms with Gasteiger partial charge in [-0.2, -0.15) is 0 Å². The number of hydrogen-bond donors (Lipinski definition) is 2. The summed E-state index contributed by atoms with van der Waals surface area (Å²) in [5.41, 5.74) is 0.394. The van der Waals surface area contributed by atoms with E-state index in [9.17, 15) is 9.59 Å². The molecule has 0 aliphatic heterocycles. The summed E-state index contributed by atoms with van der Waals surface area (Å²) in [7, 11) is 3.05. The van der Waals surface area contributed by atoms with Crippen LogP contribution in [-0.2, 0) is 4.79 Å². The van der Waals surface area contributed by atoms with Crippen LogP contribution < -0.4 is 20.1 Å². The van der Waals surface area contributed by atoms with E-state index in [1.165, 1.54) is 20.6 Å². The third-order valence-electron chi connectivity index (χ3n) is 4.48. The maximum atomic E-state index is 12.2. The lowest BCUT2D eigenvalue weighted by Crippen LogP contribution is -2.45. The van der Waals surface area contributed by atoms with Gasteiger partial charge < -0.3 is 20.1 Å². The molecule has 1 aromatic rings. The normalized spacial score (nSPS) is 20.1. The molecule has 24 heavy (non-hydrogen) atoms. The molecule has 2 atom stereocenters. The predicted octanol–water partition coefficient (Wildman–Crippen LogP) is 2.13. The molecule has 6 nitrogen and oxygen atoms in total. The van der Waals surface area contributed by atoms with Gasteiger partial charge in [-0.1, -0.05) is 19.8 Å². The highest BCUT2D eigenvalue weighted by atomic mass is 16.5. The van der Waals surface area contributed by atoms with E-state index in [4.69, 9.17) is 9.47 Å². The number of rotatable bonds is 6. The maximum absolute atomic E-state index is 12.2. The zero-order valence-corrected chi connectivity index (χ0v) is 14.6. The van der Waals surface area contributed by atoms with Crippen LogP contribution in [0.3, 0.4) is 0 Å². The molecular formula is C18H26N2O4. The van der Waals surface area contributed by atoms with Gasteiger partial charge in [0.05, 0.1) is 20.8 Å². The monoisotopic (exact) mass is 334 g/mol. The molecular weight excluding hydrogens is 308 g/mol. The molecule has 0 aromatic heterocycles. The van der Waals surface area contributed by atoms with Gasteiger partial charge in [-0.3, -0.25) is 9.59 Å². The van der Waals surface area contributed by atoms with Crippen molar-refractivity contribution in [1.29, 1.82) is 0 Å². The molecule has 0 heterocycles. The first-order valence-corrected chi connectivity index (χ1v) is 8.34. The number of nitrogens with one attached hydrogen (secondary N) is 2. The Morgan fingerprint density at radius 1 is 1.08 bits per heavy atom. The molecule has 132 valence electrons. The maximum Gasteiger partial charge on any atom is 0.251 e. The summed E-state index contributed by atoms with van der Waals surface area (Å²) in [5, 5.41) is 5.66. The van der Waals surface area contributed by atoms with Crippen LogP contribution in [0.4, 0.5) is 0 Å². The Balaban J connectivity index is 1.89. The Hall–Kier alpha value is -2.24. The molecule has 1 saturated carbocycles. The minimum Gasteiger partial charge on any atom is -0.497 e. The summed E-state index contributed by atoms with van der Waals surface area (Å²) in [6, 6.07) is 5.12. The predicted molar refractivity (Wildman–Crippen MR) is 91.4 cm³/mol. The summed E-state index contributed by atoms with van der Waals surface area (Å²) in [6.07, 6.45) is 4.52. The number of carbonyl (C=O) groups excluding carboxylic acids is 2. The Bertz CT molecular complexity index is 566. The molecule has 1 aliphatic rings. The number of amides is 2. The Labute approximate surface area is 142 Å². The fourth-order valence-electron chi connectivity index (χ4n) is 2.99. The van der Waals surface area contributed by atoms with Crippen molar-refractivity contribution >= 4 is 11.8 Å². The smallest absolute Gasteiger partial charge is 0.251 e. The van der Waals surface area contributed by atoms with E-state index < -0.39 is 0 Å². The van der Waals surface area contributed by atoms with Crippen molar-refractivity contribution in [2.45, 2.75) is 38.6 Å². The zero-order valence-electron chi connectivity index (χ0n) is 14.6. The van der Waals surface area contributed by atoms with Gasteiger partial charge in [0.25, 0.3) is 5.91 Å². The fraction of sp³-hybridized carbons (Fsp3) is 0.556. The second kappa shape index (κ2) is 8.57. The minimum atomic E-state index is -0.334. The van der Waals surface area contributed by atoms with E-state index in [0.717, 1.165) is 19.3 Å². The van der Waals surface area contributed by atoms with Crippen molar-refractivity contribution in [2.75, 3.05) is 20.8 Å². The number of ether oxygens (including phenoxy) is 2. The molecule has 2 rings (SSSR count). The van der Waals surface area contributed by atoms with Gasteiger partial charge in [-0.25, -0.2) is 0 Å². The van der Waals surface area contributed by atoms with Gasteiger partial charge in [0.1, 0.15) is 11.5 Å². The van der Waals surface area contributed by atoms with Crippen LogP contribution in [-0.4, -0.2) is 38.6 Å². The van der Waals surface area contributed by atoms with E-state index in [2.05, 4.69) is 17.6 Å². The lowest BCUT2D eigenvalue weighted by molar-refractivity contribution is -0.121. The third-order valence-corrected chi connectivity index (χ3v) is 4.48. The van der Waals surface area contributed by atoms with Gasteiger partial charge in [0, 0.05) is 17.7 Å². The third kappa shape index (κ3) is 4.88. The van der Waals surface area contributed by atoms with Crippen molar-refractivity contribution in [3.63, 3.8) is 0 Å². The number of benzene rings is 1. The molecule has 0 unspecified atom stereocenters. The zero-order chi connectivity index (χ0) is 17.5. The van der Waals surface area contributed by atoms with Crippen LogP contribution in [0, 0.1) is 5.92 Å². The van der Waals surface area contributed by atoms with Gasteiger partial charge in [0.15, 0.2) is 0 Å². The van der Waals surface area contributed by atoms with Crippen LogP contribution in [0.5, 0.6) is 11.5 Å². The average Bonchev–Trinajstić information content (AvgIpc) is 2.61. The van der Waals surface area contributed by atoms with Crippen molar-refractivity contribution in [2.24, 2.45) is 5.92 Å². The summed E-state index contributed by atoms with van der Waals surface area (Å²) in [6.45, 7) is 2.12. The Kier molecular flexibility index (Phi) is 6.46. The highest BCUT2D eigenvalue weighted by Crippen LogP contribution is 2.24. The molecule has 1 aliphatic carbocycles. The van der Waals surface area contributed by atoms with Gasteiger partial charge in [-0.15, -0.1) is 0 Å². The quantitative estimate of drug-likeness (QED) is 0.835. The van der Waals surface area contributed by atoms with Crippen molar-refractivity contribution < 1.29 is 19.1 Å². The van der Waals surface area contributed by atoms with Crippen LogP contribution in [0.1, 0.15) is 43.0 Å². The standard InChI is InChI=1S/C18H26N2O4/c1-12-6-4-5-7-16(12)20-17(21)11-19-18(22)13-8-14(23-2)10-15(9-13)24-3/h8-10,12,16H,4-7,11H2,1-3H3,(H,19,22)(H,20,21)/t12-,16-/m1/s1. The summed E-state index contributed by atoms with van der Waals surface area (Å²) < 4.78 is 10.3. The number of methoxy groups -OCH3 is 2. The van der Waals surface area contributed by atoms with E-state index in [1.54, 1.807) is 18.2 Å². The highest BCUT2D eigenvalue weighted by molar-refractivity contribution is 5.97. The molecule has 1 aromatic carbocycles. The van der Waals surface area contributed by atoms with Crippen molar-refractivity contribution in [3.05, 3.63) is 23.8 Å². The number of carbonyl (C=O) groups is 2. The topological polar surface area (TPSA) is 76.7 Å². The Morgan fingerprint density at radius 3 is 2.29 bits per heavy atom. The van der Waals surface area contributed by atoms with E-state index in [1.807, 2.05) is 0 Å². The summed E-state index contributed by atoms with van der Waals surface area (Å²) >= 11 is 0. The first kappa shape index (κ1) is 18.1. The van der Waals surface area contributed by atoms with Crippen LogP contribution in [0.25, 0.3) is 0 Å². The van der Waals surface area contributed by atoms with Gasteiger partial charge in [-0.05, 0) is 30.9 Å². The second-order valence-corrected chi connectivity index (χ2v) is 6.22. The number of hydrogen-bond acceptors (Lipinski definition) is 4. The van der Waals surface area contributed by atoms with Crippen molar-refractivity contribution in [3.8, 4) is 11.5 Å². The van der Waals surface area contributed by atoms with E-state index in [0.29, 0.717) is 23.0 Å². The molecule has 0 radical (unpaired) electrons. The molecule has 1 fully saturated rings. The fourth-order valence-corrected chi connectivity index (χ4v) is 2.99. The molecule has 6 heteroatoms. The molecule has 2 N–H and O–H groups in total. The molecule has 0 saturated heterocycles. The van der Waals surface area contributed by atoms with E-state index >= 15 is 0 Å². The van der Waals surface area contributed by atoms with Crippen LogP contribution in [0.2, 0.25) is 0 Å². The molecule has 2 amide bonds. The second-order valence-electron chi connectivity index (χ2n) is 6.22. The SMILES string of the molecule is COc1cc(OC)cc(C(=O)NCC(=O)N[C@@H]2CCCC[C@H]2C)c1. The lowest BCUT2D eigenvalue weighted by Gasteiger charge is -2.29. The average molecular weight is 334 g/mol. The summed E-state index contributed by atoms with van der Waals surface area (Å²) in [5.74, 6) is 1.05. The lowest BCUT2D eigenvalue weighted by atomic mass is 9.86.